The SMILES string of the molecule is C=CC=CC(C#CC1C#CC=C(CCC2CCCCCC2)C=C1)=CC. The van der Waals surface area contributed by atoms with Crippen LogP contribution in [0.4, 0.5) is 0 Å². The van der Waals surface area contributed by atoms with Gasteiger partial charge in [-0.3, -0.25) is 0 Å². The van der Waals surface area contributed by atoms with Crippen molar-refractivity contribution in [3.05, 3.63) is 60.3 Å². The highest BCUT2D eigenvalue weighted by atomic mass is 14.2. The van der Waals surface area contributed by atoms with Crippen molar-refractivity contribution in [2.24, 2.45) is 11.8 Å². The normalized spacial score (nSPS) is 21.4. The predicted molar refractivity (Wildman–Crippen MR) is 110 cm³/mol. The lowest BCUT2D eigenvalue weighted by Crippen LogP contribution is -1.99. The molecule has 2 rings (SSSR count). The van der Waals surface area contributed by atoms with Gasteiger partial charge >= 0.3 is 0 Å². The monoisotopic (exact) mass is 330 g/mol. The summed E-state index contributed by atoms with van der Waals surface area (Å²) in [5.74, 6) is 13.8. The van der Waals surface area contributed by atoms with Gasteiger partial charge in [0.15, 0.2) is 0 Å². The smallest absolute Gasteiger partial charge is 0.0991 e. The molecule has 0 heteroatoms. The molecule has 2 aliphatic carbocycles. The van der Waals surface area contributed by atoms with Crippen LogP contribution in [0.2, 0.25) is 0 Å². The molecule has 0 aromatic rings. The summed E-state index contributed by atoms with van der Waals surface area (Å²) >= 11 is 0. The maximum Gasteiger partial charge on any atom is 0.100 e. The zero-order chi connectivity index (χ0) is 17.7. The first-order chi connectivity index (χ1) is 12.3. The van der Waals surface area contributed by atoms with Crippen molar-refractivity contribution in [3.63, 3.8) is 0 Å². The summed E-state index contributed by atoms with van der Waals surface area (Å²) in [6.45, 7) is 5.69. The molecule has 25 heavy (non-hydrogen) atoms. The first-order valence-electron chi connectivity index (χ1n) is 9.67. The second-order valence-corrected chi connectivity index (χ2v) is 6.85. The Hall–Kier alpha value is -2.18. The Morgan fingerprint density at radius 3 is 2.80 bits per heavy atom. The van der Waals surface area contributed by atoms with Crippen LogP contribution < -0.4 is 0 Å². The highest BCUT2D eigenvalue weighted by Gasteiger charge is 2.12. The van der Waals surface area contributed by atoms with E-state index < -0.39 is 0 Å². The molecule has 0 N–H and O–H groups in total. The van der Waals surface area contributed by atoms with E-state index in [1.54, 1.807) is 6.08 Å². The minimum absolute atomic E-state index is 0.0127. The van der Waals surface area contributed by atoms with Gasteiger partial charge < -0.3 is 0 Å². The minimum atomic E-state index is 0.0127. The number of hydrogen-bond acceptors (Lipinski definition) is 0. The summed E-state index contributed by atoms with van der Waals surface area (Å²) in [6, 6.07) is 0. The highest BCUT2D eigenvalue weighted by Crippen LogP contribution is 2.28. The number of rotatable bonds is 5. The van der Waals surface area contributed by atoms with E-state index in [1.165, 1.54) is 50.5 Å². The van der Waals surface area contributed by atoms with E-state index in [4.69, 9.17) is 0 Å². The summed E-state index contributed by atoms with van der Waals surface area (Å²) in [6.07, 6.45) is 25.1. The van der Waals surface area contributed by atoms with Crippen LogP contribution in [-0.4, -0.2) is 0 Å². The molecule has 1 saturated carbocycles. The van der Waals surface area contributed by atoms with Crippen LogP contribution in [0.15, 0.2) is 60.3 Å². The van der Waals surface area contributed by atoms with Gasteiger partial charge in [0.1, 0.15) is 5.92 Å². The van der Waals surface area contributed by atoms with Gasteiger partial charge in [-0.05, 0) is 43.4 Å². The van der Waals surface area contributed by atoms with Gasteiger partial charge in [-0.15, -0.1) is 0 Å². The topological polar surface area (TPSA) is 0 Å². The van der Waals surface area contributed by atoms with Crippen molar-refractivity contribution in [2.45, 2.75) is 58.3 Å². The van der Waals surface area contributed by atoms with Crippen LogP contribution in [0.5, 0.6) is 0 Å². The van der Waals surface area contributed by atoms with Gasteiger partial charge in [0.2, 0.25) is 0 Å². The van der Waals surface area contributed by atoms with E-state index in [1.807, 2.05) is 25.2 Å². The lowest BCUT2D eigenvalue weighted by Gasteiger charge is -2.13. The minimum Gasteiger partial charge on any atom is -0.0991 e. The fraction of sp³-hybridized carbons (Fsp3) is 0.440. The third-order valence-corrected chi connectivity index (χ3v) is 4.91. The number of hydrogen-bond donors (Lipinski definition) is 0. The second kappa shape index (κ2) is 11.4. The average Bonchev–Trinajstić information content (AvgIpc) is 3.03. The lowest BCUT2D eigenvalue weighted by molar-refractivity contribution is 0.429. The Morgan fingerprint density at radius 1 is 1.28 bits per heavy atom. The van der Waals surface area contributed by atoms with Gasteiger partial charge in [0.25, 0.3) is 0 Å². The van der Waals surface area contributed by atoms with E-state index in [-0.39, 0.29) is 5.92 Å². The van der Waals surface area contributed by atoms with Crippen LogP contribution in [0.3, 0.4) is 0 Å². The Bertz CT molecular complexity index is 665. The Kier molecular flexibility index (Phi) is 8.72. The van der Waals surface area contributed by atoms with Gasteiger partial charge in [-0.1, -0.05) is 99.2 Å². The fourth-order valence-corrected chi connectivity index (χ4v) is 3.35. The van der Waals surface area contributed by atoms with Gasteiger partial charge in [-0.25, -0.2) is 0 Å². The molecule has 0 radical (unpaired) electrons. The molecule has 0 bridgehead atoms. The highest BCUT2D eigenvalue weighted by molar-refractivity contribution is 5.43. The molecular weight excluding hydrogens is 300 g/mol. The van der Waals surface area contributed by atoms with Crippen molar-refractivity contribution in [1.29, 1.82) is 0 Å². The third kappa shape index (κ3) is 7.49. The number of allylic oxidation sites excluding steroid dienone is 9. The molecule has 130 valence electrons. The van der Waals surface area contributed by atoms with E-state index in [9.17, 15) is 0 Å². The summed E-state index contributed by atoms with van der Waals surface area (Å²) in [5, 5.41) is 0. The lowest BCUT2D eigenvalue weighted by atomic mass is 9.92. The molecule has 0 aromatic carbocycles. The summed E-state index contributed by atoms with van der Waals surface area (Å²) < 4.78 is 0. The van der Waals surface area contributed by atoms with Crippen LogP contribution in [-0.2, 0) is 0 Å². The zero-order valence-electron chi connectivity index (χ0n) is 15.6. The molecule has 0 saturated heterocycles. The van der Waals surface area contributed by atoms with E-state index in [2.05, 4.69) is 48.5 Å². The molecule has 0 aliphatic heterocycles. The first kappa shape index (κ1) is 19.1. The maximum absolute atomic E-state index is 3.69. The molecule has 0 spiro atoms. The van der Waals surface area contributed by atoms with Crippen molar-refractivity contribution in [2.75, 3.05) is 0 Å². The van der Waals surface area contributed by atoms with E-state index in [0.717, 1.165) is 17.9 Å². The van der Waals surface area contributed by atoms with Gasteiger partial charge in [0.05, 0.1) is 0 Å². The quantitative estimate of drug-likeness (QED) is 0.305. The summed E-state index contributed by atoms with van der Waals surface area (Å²) in [4.78, 5) is 0. The van der Waals surface area contributed by atoms with Crippen LogP contribution in [0, 0.1) is 35.5 Å². The molecule has 1 atom stereocenters. The van der Waals surface area contributed by atoms with Crippen molar-refractivity contribution in [3.8, 4) is 23.7 Å². The zero-order valence-corrected chi connectivity index (χ0v) is 15.6. The van der Waals surface area contributed by atoms with Crippen molar-refractivity contribution >= 4 is 0 Å². The van der Waals surface area contributed by atoms with Crippen molar-refractivity contribution in [1.82, 2.24) is 0 Å². The van der Waals surface area contributed by atoms with Crippen LogP contribution in [0.1, 0.15) is 58.3 Å². The standard InChI is InChI=1S/C25H30/c1-3-5-11-22(4-2)16-17-24-14-10-15-25(21-20-24)19-18-23-12-8-6-7-9-13-23/h3-5,11,15,20-21,23-24H,1,6-9,12-13,18-19H2,2H3. The molecule has 0 nitrogen and oxygen atoms in total. The molecule has 2 aliphatic rings. The van der Waals surface area contributed by atoms with E-state index in [0.29, 0.717) is 0 Å². The molecule has 0 aromatic heterocycles. The first-order valence-corrected chi connectivity index (χ1v) is 9.67. The summed E-state index contributed by atoms with van der Waals surface area (Å²) in [7, 11) is 0. The Morgan fingerprint density at radius 2 is 2.08 bits per heavy atom. The average molecular weight is 331 g/mol. The van der Waals surface area contributed by atoms with Gasteiger partial charge in [0, 0.05) is 5.57 Å². The summed E-state index contributed by atoms with van der Waals surface area (Å²) in [5.41, 5.74) is 2.36. The largest absolute Gasteiger partial charge is 0.100 e. The molecular formula is C25H30. The molecule has 1 unspecified atom stereocenters. The molecule has 0 amide bonds. The third-order valence-electron chi connectivity index (χ3n) is 4.91. The van der Waals surface area contributed by atoms with Gasteiger partial charge in [-0.2, -0.15) is 0 Å². The van der Waals surface area contributed by atoms with Crippen molar-refractivity contribution < 1.29 is 0 Å². The second-order valence-electron chi connectivity index (χ2n) is 6.85. The van der Waals surface area contributed by atoms with E-state index >= 15 is 0 Å². The fourth-order valence-electron chi connectivity index (χ4n) is 3.35. The maximum atomic E-state index is 3.69. The molecule has 1 fully saturated rings. The predicted octanol–water partition coefficient (Wildman–Crippen LogP) is 6.54. The molecule has 0 heterocycles. The van der Waals surface area contributed by atoms with Crippen LogP contribution in [0.25, 0.3) is 0 Å². The Balaban J connectivity index is 1.88. The Labute approximate surface area is 154 Å². The van der Waals surface area contributed by atoms with Crippen LogP contribution >= 0.6 is 0 Å².